The Morgan fingerprint density at radius 1 is 1.15 bits per heavy atom. The molecule has 1 heterocycles. The summed E-state index contributed by atoms with van der Waals surface area (Å²) in [6.07, 6.45) is 0.0362. The highest BCUT2D eigenvalue weighted by Gasteiger charge is 2.09. The van der Waals surface area contributed by atoms with Gasteiger partial charge in [-0.1, -0.05) is 42.1 Å². The molecule has 20 heavy (non-hydrogen) atoms. The van der Waals surface area contributed by atoms with Crippen molar-refractivity contribution in [1.29, 1.82) is 0 Å². The fourth-order valence-corrected chi connectivity index (χ4v) is 2.28. The first-order valence-corrected chi connectivity index (χ1v) is 7.43. The molecule has 0 aliphatic rings. The summed E-state index contributed by atoms with van der Waals surface area (Å²) in [4.78, 5) is 12.8. The molecule has 0 saturated carbocycles. The van der Waals surface area contributed by atoms with Crippen LogP contribution in [0.1, 0.15) is 19.4 Å². The van der Waals surface area contributed by atoms with Gasteiger partial charge in [0.2, 0.25) is 5.95 Å². The molecule has 5 nitrogen and oxygen atoms in total. The predicted molar refractivity (Wildman–Crippen MR) is 81.1 cm³/mol. The van der Waals surface area contributed by atoms with Crippen LogP contribution in [0.3, 0.4) is 0 Å². The van der Waals surface area contributed by atoms with Crippen LogP contribution < -0.4 is 10.1 Å². The molecule has 0 aliphatic heterocycles. The monoisotopic (exact) mass is 290 g/mol. The quantitative estimate of drug-likeness (QED) is 0.825. The fourth-order valence-electron chi connectivity index (χ4n) is 1.50. The molecule has 0 fully saturated rings. The van der Waals surface area contributed by atoms with Crippen LogP contribution >= 0.6 is 11.8 Å². The number of anilines is 1. The van der Waals surface area contributed by atoms with Gasteiger partial charge < -0.3 is 10.1 Å². The Balaban J connectivity index is 2.10. The highest BCUT2D eigenvalue weighted by Crippen LogP contribution is 2.22. The van der Waals surface area contributed by atoms with Gasteiger partial charge in [0.1, 0.15) is 0 Å². The van der Waals surface area contributed by atoms with Gasteiger partial charge in [0.15, 0.2) is 5.16 Å². The zero-order valence-electron chi connectivity index (χ0n) is 11.8. The average Bonchev–Trinajstić information content (AvgIpc) is 2.45. The fraction of sp³-hybridized carbons (Fsp3) is 0.357. The highest BCUT2D eigenvalue weighted by molar-refractivity contribution is 7.98. The molecule has 0 amide bonds. The molecule has 0 atom stereocenters. The third kappa shape index (κ3) is 4.38. The van der Waals surface area contributed by atoms with Gasteiger partial charge in [-0.3, -0.25) is 0 Å². The Hall–Kier alpha value is -1.82. The third-order valence-corrected chi connectivity index (χ3v) is 3.29. The lowest BCUT2D eigenvalue weighted by molar-refractivity contribution is 0.219. The lowest BCUT2D eigenvalue weighted by Crippen LogP contribution is -2.11. The molecule has 0 bridgehead atoms. The van der Waals surface area contributed by atoms with Crippen molar-refractivity contribution >= 4 is 17.7 Å². The van der Waals surface area contributed by atoms with E-state index in [4.69, 9.17) is 4.74 Å². The number of rotatable bonds is 6. The number of hydrogen-bond donors (Lipinski definition) is 1. The van der Waals surface area contributed by atoms with Gasteiger partial charge in [-0.05, 0) is 19.4 Å². The van der Waals surface area contributed by atoms with Crippen LogP contribution in [0.4, 0.5) is 5.95 Å². The van der Waals surface area contributed by atoms with Gasteiger partial charge in [0.25, 0.3) is 0 Å². The second kappa shape index (κ2) is 7.09. The van der Waals surface area contributed by atoms with Crippen LogP contribution in [0.25, 0.3) is 0 Å². The predicted octanol–water partition coefficient (Wildman–Crippen LogP) is 2.99. The van der Waals surface area contributed by atoms with Gasteiger partial charge >= 0.3 is 6.01 Å². The number of nitrogens with zero attached hydrogens (tertiary/aromatic N) is 3. The molecule has 1 N–H and O–H groups in total. The van der Waals surface area contributed by atoms with Crippen molar-refractivity contribution in [3.63, 3.8) is 0 Å². The minimum atomic E-state index is 0.0362. The number of benzene rings is 1. The zero-order chi connectivity index (χ0) is 14.4. The van der Waals surface area contributed by atoms with Crippen LogP contribution in [-0.4, -0.2) is 28.1 Å². The van der Waals surface area contributed by atoms with Crippen molar-refractivity contribution in [1.82, 2.24) is 15.0 Å². The first-order valence-electron chi connectivity index (χ1n) is 6.44. The summed E-state index contributed by atoms with van der Waals surface area (Å²) >= 11 is 1.56. The van der Waals surface area contributed by atoms with E-state index in [9.17, 15) is 0 Å². The van der Waals surface area contributed by atoms with Gasteiger partial charge in [0.05, 0.1) is 6.10 Å². The molecule has 0 unspecified atom stereocenters. The lowest BCUT2D eigenvalue weighted by Gasteiger charge is -2.10. The van der Waals surface area contributed by atoms with Crippen molar-refractivity contribution in [2.75, 3.05) is 12.4 Å². The Morgan fingerprint density at radius 2 is 1.90 bits per heavy atom. The van der Waals surface area contributed by atoms with E-state index in [0.29, 0.717) is 17.1 Å². The maximum absolute atomic E-state index is 5.53. The smallest absolute Gasteiger partial charge is 0.322 e. The van der Waals surface area contributed by atoms with Gasteiger partial charge in [-0.15, -0.1) is 0 Å². The molecule has 2 aromatic rings. The van der Waals surface area contributed by atoms with Crippen molar-refractivity contribution in [2.45, 2.75) is 30.9 Å². The van der Waals surface area contributed by atoms with Crippen molar-refractivity contribution in [3.05, 3.63) is 35.9 Å². The third-order valence-electron chi connectivity index (χ3n) is 2.37. The molecule has 106 valence electrons. The van der Waals surface area contributed by atoms with E-state index < -0.39 is 0 Å². The second-order valence-corrected chi connectivity index (χ2v) is 5.36. The normalized spacial score (nSPS) is 10.6. The number of thioether (sulfide) groups is 1. The minimum absolute atomic E-state index is 0.0362. The molecule has 0 radical (unpaired) electrons. The molecule has 0 saturated heterocycles. The van der Waals surface area contributed by atoms with Crippen LogP contribution in [0.2, 0.25) is 0 Å². The van der Waals surface area contributed by atoms with E-state index in [1.807, 2.05) is 32.0 Å². The van der Waals surface area contributed by atoms with Crippen molar-refractivity contribution < 1.29 is 4.74 Å². The Labute approximate surface area is 123 Å². The number of ether oxygens (including phenoxy) is 1. The zero-order valence-corrected chi connectivity index (χ0v) is 12.6. The average molecular weight is 290 g/mol. The first kappa shape index (κ1) is 14.6. The maximum Gasteiger partial charge on any atom is 0.322 e. The van der Waals surface area contributed by atoms with Gasteiger partial charge in [0, 0.05) is 12.8 Å². The standard InChI is InChI=1S/C14H18N4OS/c1-10(2)19-13-16-12(15-3)17-14(18-13)20-9-11-7-5-4-6-8-11/h4-8,10H,9H2,1-3H3,(H,15,16,17,18). The SMILES string of the molecule is CNc1nc(OC(C)C)nc(SCc2ccccc2)n1. The molecule has 1 aromatic carbocycles. The topological polar surface area (TPSA) is 59.9 Å². The van der Waals surface area contributed by atoms with Crippen LogP contribution in [0.5, 0.6) is 6.01 Å². The number of hydrogen-bond acceptors (Lipinski definition) is 6. The minimum Gasteiger partial charge on any atom is -0.461 e. The first-order chi connectivity index (χ1) is 9.67. The molecule has 0 aliphatic carbocycles. The molecule has 6 heteroatoms. The number of nitrogens with one attached hydrogen (secondary N) is 1. The summed E-state index contributed by atoms with van der Waals surface area (Å²) in [5, 5.41) is 3.58. The van der Waals surface area contributed by atoms with E-state index in [2.05, 4.69) is 32.4 Å². The van der Waals surface area contributed by atoms with E-state index in [-0.39, 0.29) is 6.10 Å². The highest BCUT2D eigenvalue weighted by atomic mass is 32.2. The van der Waals surface area contributed by atoms with Crippen molar-refractivity contribution in [3.8, 4) is 6.01 Å². The summed E-state index contributed by atoms with van der Waals surface area (Å²) in [5.41, 5.74) is 1.23. The van der Waals surface area contributed by atoms with Crippen LogP contribution in [0.15, 0.2) is 35.5 Å². The molecule has 0 spiro atoms. The van der Waals surface area contributed by atoms with Crippen LogP contribution in [0, 0.1) is 0 Å². The maximum atomic E-state index is 5.53. The van der Waals surface area contributed by atoms with Crippen molar-refractivity contribution in [2.24, 2.45) is 0 Å². The van der Waals surface area contributed by atoms with E-state index in [0.717, 1.165) is 5.75 Å². The van der Waals surface area contributed by atoms with E-state index >= 15 is 0 Å². The summed E-state index contributed by atoms with van der Waals surface area (Å²) in [6.45, 7) is 3.89. The summed E-state index contributed by atoms with van der Waals surface area (Å²) < 4.78 is 5.53. The molecule has 1 aromatic heterocycles. The van der Waals surface area contributed by atoms with Crippen LogP contribution in [-0.2, 0) is 5.75 Å². The Kier molecular flexibility index (Phi) is 5.17. The van der Waals surface area contributed by atoms with Gasteiger partial charge in [-0.2, -0.15) is 15.0 Å². The van der Waals surface area contributed by atoms with Gasteiger partial charge in [-0.25, -0.2) is 0 Å². The lowest BCUT2D eigenvalue weighted by atomic mass is 10.2. The van der Waals surface area contributed by atoms with E-state index in [1.54, 1.807) is 18.8 Å². The second-order valence-electron chi connectivity index (χ2n) is 4.42. The molecular weight excluding hydrogens is 272 g/mol. The molecule has 2 rings (SSSR count). The summed E-state index contributed by atoms with van der Waals surface area (Å²) in [5.74, 6) is 1.33. The Morgan fingerprint density at radius 3 is 2.55 bits per heavy atom. The largest absolute Gasteiger partial charge is 0.461 e. The summed E-state index contributed by atoms with van der Waals surface area (Å²) in [7, 11) is 1.78. The number of aromatic nitrogens is 3. The summed E-state index contributed by atoms with van der Waals surface area (Å²) in [6, 6.07) is 10.6. The Bertz CT molecular complexity index is 548. The molecular formula is C14H18N4OS. The van der Waals surface area contributed by atoms with E-state index in [1.165, 1.54) is 5.56 Å².